The summed E-state index contributed by atoms with van der Waals surface area (Å²) >= 11 is 0. The van der Waals surface area contributed by atoms with Gasteiger partial charge in [0.05, 0.1) is 11.6 Å². The van der Waals surface area contributed by atoms with Crippen LogP contribution in [0.25, 0.3) is 0 Å². The van der Waals surface area contributed by atoms with E-state index in [1.165, 1.54) is 0 Å². The van der Waals surface area contributed by atoms with Crippen molar-refractivity contribution in [3.8, 4) is 6.07 Å². The molecule has 124 valence electrons. The molecule has 0 aliphatic carbocycles. The number of rotatable bonds is 4. The highest BCUT2D eigenvalue weighted by Crippen LogP contribution is 2.28. The van der Waals surface area contributed by atoms with E-state index in [2.05, 4.69) is 16.7 Å². The molecule has 1 aliphatic rings. The summed E-state index contributed by atoms with van der Waals surface area (Å²) in [7, 11) is 0. The van der Waals surface area contributed by atoms with Gasteiger partial charge in [-0.1, -0.05) is 13.0 Å². The van der Waals surface area contributed by atoms with Crippen molar-refractivity contribution < 1.29 is 18.0 Å². The summed E-state index contributed by atoms with van der Waals surface area (Å²) in [6.45, 7) is 2.43. The van der Waals surface area contributed by atoms with Crippen LogP contribution in [-0.4, -0.2) is 24.7 Å². The lowest BCUT2D eigenvalue weighted by Crippen LogP contribution is -2.45. The molecule has 0 spiro atoms. The third-order valence-electron chi connectivity index (χ3n) is 4.04. The van der Waals surface area contributed by atoms with Gasteiger partial charge in [0.25, 0.3) is 0 Å². The van der Waals surface area contributed by atoms with Crippen LogP contribution < -0.4 is 10.6 Å². The number of alkyl halides is 3. The van der Waals surface area contributed by atoms with E-state index in [0.717, 1.165) is 17.5 Å². The molecule has 1 amide bonds. The lowest BCUT2D eigenvalue weighted by Gasteiger charge is -2.30. The summed E-state index contributed by atoms with van der Waals surface area (Å²) in [5, 5.41) is 14.3. The lowest BCUT2D eigenvalue weighted by molar-refractivity contribution is -0.174. The molecule has 2 unspecified atom stereocenters. The van der Waals surface area contributed by atoms with Gasteiger partial charge in [-0.2, -0.15) is 18.4 Å². The quantitative estimate of drug-likeness (QED) is 0.894. The molecule has 1 aliphatic heterocycles. The monoisotopic (exact) mass is 325 g/mol. The number of carbonyl (C=O) groups is 1. The molecule has 0 saturated heterocycles. The van der Waals surface area contributed by atoms with E-state index in [4.69, 9.17) is 5.26 Å². The summed E-state index contributed by atoms with van der Waals surface area (Å²) in [5.41, 5.74) is 2.58. The molecular weight excluding hydrogens is 307 g/mol. The predicted molar refractivity (Wildman–Crippen MR) is 78.5 cm³/mol. The maximum atomic E-state index is 12.4. The van der Waals surface area contributed by atoms with E-state index in [1.807, 2.05) is 12.1 Å². The Bertz CT molecular complexity index is 622. The topological polar surface area (TPSA) is 64.9 Å². The van der Waals surface area contributed by atoms with E-state index in [1.54, 1.807) is 13.0 Å². The number of carbonyl (C=O) groups excluding carboxylic acids is 1. The van der Waals surface area contributed by atoms with Gasteiger partial charge < -0.3 is 10.6 Å². The van der Waals surface area contributed by atoms with Crippen molar-refractivity contribution in [2.24, 2.45) is 0 Å². The van der Waals surface area contributed by atoms with Crippen molar-refractivity contribution >= 4 is 5.91 Å². The standard InChI is InChI=1S/C16H18F3N3O/c1-2-12(22-15(23)16(17,18)19)8-14-13-4-3-10(9-20)7-11(13)5-6-21-14/h3-4,7,12,14,21H,2,5-6,8H2,1H3,(H,22,23). The fourth-order valence-corrected chi connectivity index (χ4v) is 2.81. The number of benzene rings is 1. The Hall–Kier alpha value is -2.07. The van der Waals surface area contributed by atoms with Crippen molar-refractivity contribution in [2.75, 3.05) is 6.54 Å². The largest absolute Gasteiger partial charge is 0.471 e. The van der Waals surface area contributed by atoms with E-state index in [0.29, 0.717) is 24.9 Å². The minimum Gasteiger partial charge on any atom is -0.345 e. The first-order chi connectivity index (χ1) is 10.8. The number of nitrogens with one attached hydrogen (secondary N) is 2. The predicted octanol–water partition coefficient (Wildman–Crippen LogP) is 2.59. The van der Waals surface area contributed by atoms with Gasteiger partial charge in [0.1, 0.15) is 0 Å². The third-order valence-corrected chi connectivity index (χ3v) is 4.04. The van der Waals surface area contributed by atoms with Crippen LogP contribution in [0.2, 0.25) is 0 Å². The van der Waals surface area contributed by atoms with Crippen molar-refractivity contribution in [1.29, 1.82) is 5.26 Å². The van der Waals surface area contributed by atoms with Crippen LogP contribution in [0.5, 0.6) is 0 Å². The van der Waals surface area contributed by atoms with Gasteiger partial charge in [-0.05, 0) is 49.1 Å². The Morgan fingerprint density at radius 1 is 1.52 bits per heavy atom. The molecular formula is C16H18F3N3O. The van der Waals surface area contributed by atoms with Crippen molar-refractivity contribution in [3.63, 3.8) is 0 Å². The molecule has 0 saturated carbocycles. The second-order valence-corrected chi connectivity index (χ2v) is 5.59. The van der Waals surface area contributed by atoms with Gasteiger partial charge in [-0.15, -0.1) is 0 Å². The number of hydrogen-bond acceptors (Lipinski definition) is 3. The average molecular weight is 325 g/mol. The summed E-state index contributed by atoms with van der Waals surface area (Å²) < 4.78 is 37.2. The van der Waals surface area contributed by atoms with Gasteiger partial charge in [0.15, 0.2) is 0 Å². The van der Waals surface area contributed by atoms with Crippen molar-refractivity contribution in [3.05, 3.63) is 34.9 Å². The summed E-state index contributed by atoms with van der Waals surface area (Å²) in [6, 6.07) is 6.74. The second kappa shape index (κ2) is 7.01. The van der Waals surface area contributed by atoms with Crippen LogP contribution in [0.1, 0.15) is 42.5 Å². The molecule has 7 heteroatoms. The van der Waals surface area contributed by atoms with Gasteiger partial charge in [0.2, 0.25) is 0 Å². The van der Waals surface area contributed by atoms with E-state index in [-0.39, 0.29) is 6.04 Å². The number of halogens is 3. The van der Waals surface area contributed by atoms with E-state index in [9.17, 15) is 18.0 Å². The Morgan fingerprint density at radius 3 is 2.87 bits per heavy atom. The zero-order valence-corrected chi connectivity index (χ0v) is 12.7. The smallest absolute Gasteiger partial charge is 0.345 e. The second-order valence-electron chi connectivity index (χ2n) is 5.59. The van der Waals surface area contributed by atoms with Crippen LogP contribution in [0, 0.1) is 11.3 Å². The van der Waals surface area contributed by atoms with Crippen LogP contribution in [0.15, 0.2) is 18.2 Å². The molecule has 1 aromatic rings. The van der Waals surface area contributed by atoms with Crippen molar-refractivity contribution in [1.82, 2.24) is 10.6 Å². The van der Waals surface area contributed by atoms with Gasteiger partial charge in [-0.25, -0.2) is 0 Å². The van der Waals surface area contributed by atoms with E-state index >= 15 is 0 Å². The Morgan fingerprint density at radius 2 is 2.26 bits per heavy atom. The minimum absolute atomic E-state index is 0.134. The third kappa shape index (κ3) is 4.23. The Kier molecular flexibility index (Phi) is 5.26. The zero-order chi connectivity index (χ0) is 17.0. The summed E-state index contributed by atoms with van der Waals surface area (Å²) in [6.07, 6.45) is -3.32. The van der Waals surface area contributed by atoms with Gasteiger partial charge in [-0.3, -0.25) is 4.79 Å². The molecule has 1 heterocycles. The van der Waals surface area contributed by atoms with Gasteiger partial charge in [0, 0.05) is 12.1 Å². The molecule has 0 aromatic heterocycles. The number of hydrogen-bond donors (Lipinski definition) is 2. The molecule has 23 heavy (non-hydrogen) atoms. The average Bonchev–Trinajstić information content (AvgIpc) is 2.52. The normalized spacial score (nSPS) is 18.7. The molecule has 4 nitrogen and oxygen atoms in total. The highest BCUT2D eigenvalue weighted by atomic mass is 19.4. The lowest BCUT2D eigenvalue weighted by atomic mass is 9.89. The molecule has 2 atom stereocenters. The maximum Gasteiger partial charge on any atom is 0.471 e. The van der Waals surface area contributed by atoms with E-state index < -0.39 is 18.1 Å². The first-order valence-electron chi connectivity index (χ1n) is 7.49. The highest BCUT2D eigenvalue weighted by molar-refractivity contribution is 5.81. The fourth-order valence-electron chi connectivity index (χ4n) is 2.81. The summed E-state index contributed by atoms with van der Waals surface area (Å²) in [4.78, 5) is 11.1. The molecule has 0 bridgehead atoms. The van der Waals surface area contributed by atoms with Crippen LogP contribution >= 0.6 is 0 Å². The zero-order valence-electron chi connectivity index (χ0n) is 12.7. The van der Waals surface area contributed by atoms with Crippen LogP contribution in [0.4, 0.5) is 13.2 Å². The Labute approximate surface area is 132 Å². The number of amides is 1. The summed E-state index contributed by atoms with van der Waals surface area (Å²) in [5.74, 6) is -1.90. The Balaban J connectivity index is 2.11. The molecule has 0 radical (unpaired) electrons. The molecule has 2 rings (SSSR count). The first kappa shape index (κ1) is 17.3. The minimum atomic E-state index is -4.87. The number of nitrogens with zero attached hydrogens (tertiary/aromatic N) is 1. The SMILES string of the molecule is CCC(CC1NCCc2cc(C#N)ccc21)NC(=O)C(F)(F)F. The maximum absolute atomic E-state index is 12.4. The van der Waals surface area contributed by atoms with Gasteiger partial charge >= 0.3 is 12.1 Å². The van der Waals surface area contributed by atoms with Crippen LogP contribution in [0.3, 0.4) is 0 Å². The van der Waals surface area contributed by atoms with Crippen LogP contribution in [-0.2, 0) is 11.2 Å². The highest BCUT2D eigenvalue weighted by Gasteiger charge is 2.39. The fraction of sp³-hybridized carbons (Fsp3) is 0.500. The molecule has 0 fully saturated rings. The number of nitriles is 1. The molecule has 1 aromatic carbocycles. The first-order valence-corrected chi connectivity index (χ1v) is 7.49. The van der Waals surface area contributed by atoms with Crippen molar-refractivity contribution in [2.45, 2.75) is 44.4 Å². The molecule has 2 N–H and O–H groups in total. The number of fused-ring (bicyclic) bond motifs is 1.